The first kappa shape index (κ1) is 18.2. The second-order valence-electron chi connectivity index (χ2n) is 5.38. The predicted octanol–water partition coefficient (Wildman–Crippen LogP) is 2.30. The van der Waals surface area contributed by atoms with Crippen LogP contribution in [-0.2, 0) is 4.74 Å². The van der Waals surface area contributed by atoms with Crippen LogP contribution in [-0.4, -0.2) is 52.9 Å². The molecule has 0 fully saturated rings. The molecule has 7 nitrogen and oxygen atoms in total. The highest BCUT2D eigenvalue weighted by Crippen LogP contribution is 2.26. The van der Waals surface area contributed by atoms with Gasteiger partial charge in [0.2, 0.25) is 0 Å². The summed E-state index contributed by atoms with van der Waals surface area (Å²) >= 11 is 5.83. The molecule has 1 aromatic heterocycles. The molecule has 0 bridgehead atoms. The number of alkyl halides is 1. The molecule has 0 radical (unpaired) electrons. The van der Waals surface area contributed by atoms with E-state index in [-0.39, 0.29) is 36.4 Å². The minimum Gasteiger partial charge on any atom is -0.485 e. The Morgan fingerprint density at radius 3 is 2.64 bits per heavy atom. The number of rotatable bonds is 6. The zero-order valence-electron chi connectivity index (χ0n) is 12.8. The molecule has 0 atom stereocenters. The molecular formula is C13H20ClFN4O3. The van der Waals surface area contributed by atoms with Crippen LogP contribution in [0.1, 0.15) is 20.8 Å². The molecule has 9 heteroatoms. The Morgan fingerprint density at radius 2 is 2.09 bits per heavy atom. The van der Waals surface area contributed by atoms with E-state index < -0.39 is 18.4 Å². The van der Waals surface area contributed by atoms with Crippen molar-refractivity contribution >= 4 is 23.5 Å². The number of carbonyl (C=O) groups is 1. The standard InChI is InChI=1S/C13H20ClFN4O3/c1-13(2,3)22-12(20)19(5-4-15)6-7-21-9-10(14)17-8-18-11(9)16/h8H,4-7H2,1-3H3,(H2,16,17,18). The van der Waals surface area contributed by atoms with E-state index in [1.165, 1.54) is 11.2 Å². The summed E-state index contributed by atoms with van der Waals surface area (Å²) in [7, 11) is 0. The van der Waals surface area contributed by atoms with Gasteiger partial charge in [0, 0.05) is 0 Å². The number of aromatic nitrogens is 2. The maximum atomic E-state index is 12.6. The zero-order chi connectivity index (χ0) is 16.8. The average Bonchev–Trinajstić information content (AvgIpc) is 2.39. The fourth-order valence-corrected chi connectivity index (χ4v) is 1.67. The van der Waals surface area contributed by atoms with Crippen molar-refractivity contribution in [3.8, 4) is 5.75 Å². The molecule has 0 unspecified atom stereocenters. The molecular weight excluding hydrogens is 315 g/mol. The summed E-state index contributed by atoms with van der Waals surface area (Å²) < 4.78 is 23.1. The Morgan fingerprint density at radius 1 is 1.41 bits per heavy atom. The topological polar surface area (TPSA) is 90.6 Å². The molecule has 0 spiro atoms. The van der Waals surface area contributed by atoms with E-state index in [0.29, 0.717) is 0 Å². The van der Waals surface area contributed by atoms with Crippen molar-refractivity contribution in [2.45, 2.75) is 26.4 Å². The molecule has 0 saturated heterocycles. The van der Waals surface area contributed by atoms with Crippen LogP contribution in [0.25, 0.3) is 0 Å². The van der Waals surface area contributed by atoms with Crippen LogP contribution in [0.15, 0.2) is 6.33 Å². The van der Waals surface area contributed by atoms with E-state index in [1.54, 1.807) is 20.8 Å². The van der Waals surface area contributed by atoms with E-state index in [4.69, 9.17) is 26.8 Å². The lowest BCUT2D eigenvalue weighted by atomic mass is 10.2. The maximum absolute atomic E-state index is 12.6. The van der Waals surface area contributed by atoms with Gasteiger partial charge in [-0.2, -0.15) is 0 Å². The summed E-state index contributed by atoms with van der Waals surface area (Å²) in [5.74, 6) is 0.225. The monoisotopic (exact) mass is 334 g/mol. The number of halogens is 2. The molecule has 0 saturated carbocycles. The Bertz CT molecular complexity index is 490. The highest BCUT2D eigenvalue weighted by atomic mass is 35.5. The lowest BCUT2D eigenvalue weighted by molar-refractivity contribution is 0.0215. The third-order valence-corrected chi connectivity index (χ3v) is 2.67. The van der Waals surface area contributed by atoms with Gasteiger partial charge < -0.3 is 20.1 Å². The number of nitrogens with two attached hydrogens (primary N) is 1. The fraction of sp³-hybridized carbons (Fsp3) is 0.615. The minimum atomic E-state index is -0.684. The van der Waals surface area contributed by atoms with Gasteiger partial charge in [-0.05, 0) is 20.8 Å². The Kier molecular flexibility index (Phi) is 6.61. The molecule has 1 amide bonds. The SMILES string of the molecule is CC(C)(C)OC(=O)N(CCF)CCOc1c(N)ncnc1Cl. The van der Waals surface area contributed by atoms with Crippen molar-refractivity contribution in [3.05, 3.63) is 11.5 Å². The molecule has 1 rings (SSSR count). The van der Waals surface area contributed by atoms with E-state index >= 15 is 0 Å². The molecule has 22 heavy (non-hydrogen) atoms. The van der Waals surface area contributed by atoms with Crippen LogP contribution in [0.2, 0.25) is 5.15 Å². The Labute approximate surface area is 133 Å². The van der Waals surface area contributed by atoms with Crippen LogP contribution >= 0.6 is 11.6 Å². The molecule has 2 N–H and O–H groups in total. The van der Waals surface area contributed by atoms with Crippen LogP contribution in [0.3, 0.4) is 0 Å². The minimum absolute atomic E-state index is 0.0521. The van der Waals surface area contributed by atoms with Crippen molar-refractivity contribution in [2.24, 2.45) is 0 Å². The summed E-state index contributed by atoms with van der Waals surface area (Å²) in [6.07, 6.45) is 0.595. The van der Waals surface area contributed by atoms with Gasteiger partial charge in [-0.3, -0.25) is 0 Å². The van der Waals surface area contributed by atoms with Gasteiger partial charge in [0.15, 0.2) is 16.7 Å². The molecule has 0 aliphatic rings. The predicted molar refractivity (Wildman–Crippen MR) is 80.7 cm³/mol. The molecule has 1 aromatic rings. The average molecular weight is 335 g/mol. The molecule has 1 heterocycles. The molecule has 124 valence electrons. The number of hydrogen-bond donors (Lipinski definition) is 1. The van der Waals surface area contributed by atoms with Gasteiger partial charge in [-0.15, -0.1) is 0 Å². The number of carbonyl (C=O) groups excluding carboxylic acids is 1. The zero-order valence-corrected chi connectivity index (χ0v) is 13.6. The maximum Gasteiger partial charge on any atom is 0.410 e. The number of anilines is 1. The number of hydrogen-bond acceptors (Lipinski definition) is 6. The van der Waals surface area contributed by atoms with Crippen LogP contribution in [0.4, 0.5) is 15.0 Å². The normalized spacial score (nSPS) is 11.1. The number of ether oxygens (including phenoxy) is 2. The van der Waals surface area contributed by atoms with Crippen LogP contribution in [0, 0.1) is 0 Å². The van der Waals surface area contributed by atoms with Crippen molar-refractivity contribution in [1.29, 1.82) is 0 Å². The Balaban J connectivity index is 2.60. The van der Waals surface area contributed by atoms with E-state index in [0.717, 1.165) is 0 Å². The Hall–Kier alpha value is -1.83. The van der Waals surface area contributed by atoms with Gasteiger partial charge in [-0.25, -0.2) is 19.2 Å². The van der Waals surface area contributed by atoms with Crippen molar-refractivity contribution in [2.75, 3.05) is 32.1 Å². The highest BCUT2D eigenvalue weighted by Gasteiger charge is 2.22. The second-order valence-corrected chi connectivity index (χ2v) is 5.74. The van der Waals surface area contributed by atoms with Crippen molar-refractivity contribution in [1.82, 2.24) is 14.9 Å². The fourth-order valence-electron chi connectivity index (χ4n) is 1.48. The first-order valence-corrected chi connectivity index (χ1v) is 7.05. The quantitative estimate of drug-likeness (QED) is 0.803. The van der Waals surface area contributed by atoms with Crippen molar-refractivity contribution < 1.29 is 18.7 Å². The smallest absolute Gasteiger partial charge is 0.410 e. The number of nitrogen functional groups attached to an aromatic ring is 1. The second kappa shape index (κ2) is 7.98. The van der Waals surface area contributed by atoms with Gasteiger partial charge in [0.25, 0.3) is 0 Å². The van der Waals surface area contributed by atoms with E-state index in [2.05, 4.69) is 9.97 Å². The third-order valence-electron chi connectivity index (χ3n) is 2.40. The van der Waals surface area contributed by atoms with Gasteiger partial charge >= 0.3 is 6.09 Å². The summed E-state index contributed by atoms with van der Waals surface area (Å²) in [5.41, 5.74) is 4.95. The number of amides is 1. The molecule has 0 aliphatic carbocycles. The van der Waals surface area contributed by atoms with Crippen molar-refractivity contribution in [3.63, 3.8) is 0 Å². The molecule has 0 aromatic carbocycles. The third kappa shape index (κ3) is 5.88. The molecule has 0 aliphatic heterocycles. The number of nitrogens with zero attached hydrogens (tertiary/aromatic N) is 3. The first-order valence-electron chi connectivity index (χ1n) is 6.67. The van der Waals surface area contributed by atoms with Gasteiger partial charge in [0.1, 0.15) is 25.2 Å². The summed E-state index contributed by atoms with van der Waals surface area (Å²) in [6.45, 7) is 4.59. The lowest BCUT2D eigenvalue weighted by Crippen LogP contribution is -2.40. The van der Waals surface area contributed by atoms with Gasteiger partial charge in [-0.1, -0.05) is 11.6 Å². The van der Waals surface area contributed by atoms with Crippen LogP contribution < -0.4 is 10.5 Å². The summed E-state index contributed by atoms with van der Waals surface area (Å²) in [6, 6.07) is 0. The lowest BCUT2D eigenvalue weighted by Gasteiger charge is -2.26. The van der Waals surface area contributed by atoms with Crippen LogP contribution in [0.5, 0.6) is 5.75 Å². The summed E-state index contributed by atoms with van der Waals surface area (Å²) in [4.78, 5) is 20.6. The largest absolute Gasteiger partial charge is 0.485 e. The van der Waals surface area contributed by atoms with E-state index in [1.807, 2.05) is 0 Å². The van der Waals surface area contributed by atoms with Gasteiger partial charge in [0.05, 0.1) is 13.1 Å². The van der Waals surface area contributed by atoms with E-state index in [9.17, 15) is 9.18 Å². The first-order chi connectivity index (χ1) is 10.2. The highest BCUT2D eigenvalue weighted by molar-refractivity contribution is 6.31. The summed E-state index contributed by atoms with van der Waals surface area (Å²) in [5, 5.41) is 0.0711.